The molecule has 0 fully saturated rings. The summed E-state index contributed by atoms with van der Waals surface area (Å²) < 4.78 is 4.18. The van der Waals surface area contributed by atoms with Crippen LogP contribution >= 0.6 is 12.2 Å². The van der Waals surface area contributed by atoms with Crippen molar-refractivity contribution in [3.8, 4) is 11.4 Å². The summed E-state index contributed by atoms with van der Waals surface area (Å²) in [6.45, 7) is 4.10. The van der Waals surface area contributed by atoms with E-state index in [0.29, 0.717) is 16.2 Å². The number of hydrogen-bond acceptors (Lipinski definition) is 3. The Morgan fingerprint density at radius 1 is 1.40 bits per heavy atom. The summed E-state index contributed by atoms with van der Waals surface area (Å²) in [6.07, 6.45) is 3.14. The number of aromatic amines is 1. The van der Waals surface area contributed by atoms with Crippen LogP contribution < -0.4 is 5.56 Å². The van der Waals surface area contributed by atoms with Crippen LogP contribution in [-0.2, 0) is 19.9 Å². The van der Waals surface area contributed by atoms with Gasteiger partial charge in [-0.2, -0.15) is 5.10 Å². The van der Waals surface area contributed by atoms with E-state index in [9.17, 15) is 4.79 Å². The van der Waals surface area contributed by atoms with E-state index in [2.05, 4.69) is 10.2 Å². The highest BCUT2D eigenvalue weighted by Gasteiger charge is 2.22. The first-order valence-electron chi connectivity index (χ1n) is 6.89. The Morgan fingerprint density at radius 2 is 2.15 bits per heavy atom. The molecular formula is C14H18N4OS. The van der Waals surface area contributed by atoms with Gasteiger partial charge in [-0.15, -0.1) is 0 Å². The molecule has 2 heterocycles. The monoisotopic (exact) mass is 290 g/mol. The highest BCUT2D eigenvalue weighted by molar-refractivity contribution is 7.71. The van der Waals surface area contributed by atoms with Gasteiger partial charge in [-0.05, 0) is 57.0 Å². The predicted molar refractivity (Wildman–Crippen MR) is 80.5 cm³/mol. The van der Waals surface area contributed by atoms with Crippen molar-refractivity contribution in [2.45, 2.75) is 39.2 Å². The van der Waals surface area contributed by atoms with Gasteiger partial charge in [0.05, 0.1) is 5.56 Å². The van der Waals surface area contributed by atoms with Crippen molar-refractivity contribution < 1.29 is 0 Å². The average molecular weight is 290 g/mol. The Morgan fingerprint density at radius 3 is 2.75 bits per heavy atom. The molecule has 2 aromatic heterocycles. The molecule has 5 nitrogen and oxygen atoms in total. The maximum absolute atomic E-state index is 12.8. The van der Waals surface area contributed by atoms with Crippen molar-refractivity contribution >= 4 is 12.2 Å². The first kappa shape index (κ1) is 13.3. The van der Waals surface area contributed by atoms with Crippen molar-refractivity contribution in [1.29, 1.82) is 0 Å². The molecular weight excluding hydrogens is 272 g/mol. The number of aromatic nitrogens is 4. The molecule has 0 aliphatic heterocycles. The quantitative estimate of drug-likeness (QED) is 0.864. The van der Waals surface area contributed by atoms with E-state index < -0.39 is 0 Å². The minimum atomic E-state index is 0.0257. The van der Waals surface area contributed by atoms with Gasteiger partial charge in [0, 0.05) is 18.8 Å². The number of pyridine rings is 1. The van der Waals surface area contributed by atoms with E-state index in [-0.39, 0.29) is 11.6 Å². The van der Waals surface area contributed by atoms with Gasteiger partial charge in [0.1, 0.15) is 0 Å². The van der Waals surface area contributed by atoms with Gasteiger partial charge in [0.25, 0.3) is 5.56 Å². The Bertz CT molecular complexity index is 781. The fourth-order valence-electron chi connectivity index (χ4n) is 2.96. The van der Waals surface area contributed by atoms with Crippen LogP contribution in [0.5, 0.6) is 0 Å². The minimum Gasteiger partial charge on any atom is -0.309 e. The molecule has 0 saturated heterocycles. The van der Waals surface area contributed by atoms with E-state index >= 15 is 0 Å². The molecule has 1 aliphatic carbocycles. The zero-order valence-corrected chi connectivity index (χ0v) is 12.8. The predicted octanol–water partition coefficient (Wildman–Crippen LogP) is 2.38. The molecule has 1 N–H and O–H groups in total. The summed E-state index contributed by atoms with van der Waals surface area (Å²) in [5.41, 5.74) is 3.11. The molecule has 106 valence electrons. The van der Waals surface area contributed by atoms with Crippen LogP contribution in [0.3, 0.4) is 0 Å². The maximum Gasteiger partial charge on any atom is 0.262 e. The lowest BCUT2D eigenvalue weighted by atomic mass is 10.1. The van der Waals surface area contributed by atoms with Crippen LogP contribution in [0.25, 0.3) is 11.4 Å². The molecule has 0 radical (unpaired) electrons. The minimum absolute atomic E-state index is 0.0257. The largest absolute Gasteiger partial charge is 0.309 e. The Labute approximate surface area is 122 Å². The third-order valence-corrected chi connectivity index (χ3v) is 4.29. The average Bonchev–Trinajstić information content (AvgIpc) is 2.97. The second kappa shape index (κ2) is 4.70. The van der Waals surface area contributed by atoms with E-state index in [4.69, 9.17) is 12.2 Å². The Hall–Kier alpha value is -1.69. The SMILES string of the molecule is CC(C)n1c2c(cc(-c3n[nH]c(=S)n3C)c1=O)CCC2. The summed E-state index contributed by atoms with van der Waals surface area (Å²) in [5, 5.41) is 6.95. The standard InChI is InChI=1S/C14H18N4OS/c1-8(2)18-11-6-4-5-9(11)7-10(13(18)19)12-15-16-14(20)17(12)3/h7-8H,4-6H2,1-3H3,(H,16,20). The molecule has 1 aliphatic rings. The van der Waals surface area contributed by atoms with Crippen LogP contribution in [0.2, 0.25) is 0 Å². The molecule has 0 bridgehead atoms. The second-order valence-electron chi connectivity index (χ2n) is 5.56. The van der Waals surface area contributed by atoms with Crippen molar-refractivity contribution in [2.24, 2.45) is 7.05 Å². The number of H-pyrrole nitrogens is 1. The van der Waals surface area contributed by atoms with Gasteiger partial charge in [-0.3, -0.25) is 9.89 Å². The van der Waals surface area contributed by atoms with Gasteiger partial charge in [-0.25, -0.2) is 0 Å². The fraction of sp³-hybridized carbons (Fsp3) is 0.500. The third kappa shape index (κ3) is 1.86. The van der Waals surface area contributed by atoms with Crippen LogP contribution in [0.1, 0.15) is 37.6 Å². The Kier molecular flexibility index (Phi) is 3.12. The second-order valence-corrected chi connectivity index (χ2v) is 5.95. The number of nitrogens with one attached hydrogen (secondary N) is 1. The van der Waals surface area contributed by atoms with E-state index in [1.807, 2.05) is 31.5 Å². The van der Waals surface area contributed by atoms with Gasteiger partial charge in [0.2, 0.25) is 0 Å². The third-order valence-electron chi connectivity index (χ3n) is 3.93. The lowest BCUT2D eigenvalue weighted by Gasteiger charge is -2.17. The highest BCUT2D eigenvalue weighted by Crippen LogP contribution is 2.26. The summed E-state index contributed by atoms with van der Waals surface area (Å²) in [5.74, 6) is 0.615. The molecule has 20 heavy (non-hydrogen) atoms. The van der Waals surface area contributed by atoms with Crippen LogP contribution in [0.15, 0.2) is 10.9 Å². The maximum atomic E-state index is 12.8. The molecule has 0 amide bonds. The van der Waals surface area contributed by atoms with E-state index in [1.165, 1.54) is 11.3 Å². The van der Waals surface area contributed by atoms with Gasteiger partial charge < -0.3 is 9.13 Å². The molecule has 0 unspecified atom stereocenters. The Balaban J connectivity index is 2.33. The van der Waals surface area contributed by atoms with E-state index in [0.717, 1.165) is 19.3 Å². The van der Waals surface area contributed by atoms with E-state index in [1.54, 1.807) is 4.57 Å². The fourth-order valence-corrected chi connectivity index (χ4v) is 3.10. The topological polar surface area (TPSA) is 55.6 Å². The zero-order valence-electron chi connectivity index (χ0n) is 11.9. The van der Waals surface area contributed by atoms with Gasteiger partial charge in [-0.1, -0.05) is 0 Å². The summed E-state index contributed by atoms with van der Waals surface area (Å²) >= 11 is 5.14. The van der Waals surface area contributed by atoms with Crippen molar-refractivity contribution in [1.82, 2.24) is 19.3 Å². The van der Waals surface area contributed by atoms with Crippen LogP contribution in [0, 0.1) is 4.77 Å². The molecule has 3 rings (SSSR count). The van der Waals surface area contributed by atoms with Gasteiger partial charge in [0.15, 0.2) is 10.6 Å². The molecule has 0 saturated carbocycles. The highest BCUT2D eigenvalue weighted by atomic mass is 32.1. The van der Waals surface area contributed by atoms with Crippen molar-refractivity contribution in [3.05, 3.63) is 32.4 Å². The lowest BCUT2D eigenvalue weighted by Crippen LogP contribution is -2.27. The van der Waals surface area contributed by atoms with Crippen molar-refractivity contribution in [3.63, 3.8) is 0 Å². The smallest absolute Gasteiger partial charge is 0.262 e. The summed E-state index contributed by atoms with van der Waals surface area (Å²) in [7, 11) is 1.83. The molecule has 6 heteroatoms. The zero-order chi connectivity index (χ0) is 14.4. The first-order chi connectivity index (χ1) is 9.50. The number of aryl methyl sites for hydroxylation is 1. The lowest BCUT2D eigenvalue weighted by molar-refractivity contribution is 0.554. The number of hydrogen-bond donors (Lipinski definition) is 1. The summed E-state index contributed by atoms with van der Waals surface area (Å²) in [6, 6.07) is 2.15. The van der Waals surface area contributed by atoms with Crippen LogP contribution in [0.4, 0.5) is 0 Å². The number of nitrogens with zero attached hydrogens (tertiary/aromatic N) is 3. The summed E-state index contributed by atoms with van der Waals surface area (Å²) in [4.78, 5) is 12.8. The number of fused-ring (bicyclic) bond motifs is 1. The molecule has 0 spiro atoms. The van der Waals surface area contributed by atoms with Crippen molar-refractivity contribution in [2.75, 3.05) is 0 Å². The molecule has 2 aromatic rings. The van der Waals surface area contributed by atoms with Crippen LogP contribution in [-0.4, -0.2) is 19.3 Å². The van der Waals surface area contributed by atoms with Gasteiger partial charge >= 0.3 is 0 Å². The number of rotatable bonds is 2. The molecule has 0 aromatic carbocycles. The molecule has 0 atom stereocenters. The first-order valence-corrected chi connectivity index (χ1v) is 7.30. The normalized spacial score (nSPS) is 14.0.